The van der Waals surface area contributed by atoms with Gasteiger partial charge in [-0.3, -0.25) is 4.79 Å². The zero-order valence-electron chi connectivity index (χ0n) is 16.2. The minimum absolute atomic E-state index is 0.163. The Morgan fingerprint density at radius 1 is 1.10 bits per heavy atom. The molecule has 0 fully saturated rings. The first-order chi connectivity index (χ1) is 14.1. The molecule has 9 heteroatoms. The van der Waals surface area contributed by atoms with Crippen LogP contribution < -0.4 is 20.1 Å². The summed E-state index contributed by atoms with van der Waals surface area (Å²) >= 11 is 0. The fourth-order valence-corrected chi connectivity index (χ4v) is 3.29. The fourth-order valence-electron chi connectivity index (χ4n) is 3.29. The molecule has 1 aromatic heterocycles. The maximum absolute atomic E-state index is 12.7. The van der Waals surface area contributed by atoms with Gasteiger partial charge in [0, 0.05) is 28.6 Å². The number of carbonyl (C=O) groups is 1. The number of amides is 1. The summed E-state index contributed by atoms with van der Waals surface area (Å²) < 4.78 is 10.7. The number of hydrogen-bond acceptors (Lipinski definition) is 7. The molecule has 3 aromatic rings. The number of allylic oxidation sites excluding steroid dienone is 1. The van der Waals surface area contributed by atoms with Crippen LogP contribution in [-0.2, 0) is 4.79 Å². The van der Waals surface area contributed by atoms with E-state index in [4.69, 9.17) is 9.47 Å². The quantitative estimate of drug-likeness (QED) is 0.552. The third-order valence-corrected chi connectivity index (χ3v) is 4.72. The number of H-pyrrole nitrogens is 1. The smallest absolute Gasteiger partial charge is 0.258 e. The van der Waals surface area contributed by atoms with E-state index in [1.165, 1.54) is 0 Å². The number of fused-ring (bicyclic) bond motifs is 1. The first-order valence-electron chi connectivity index (χ1n) is 9.06. The van der Waals surface area contributed by atoms with Crippen molar-refractivity contribution in [2.24, 2.45) is 0 Å². The van der Waals surface area contributed by atoms with Crippen LogP contribution >= 0.6 is 0 Å². The summed E-state index contributed by atoms with van der Waals surface area (Å²) in [5, 5.41) is 20.1. The number of ether oxygens (including phenoxy) is 2. The van der Waals surface area contributed by atoms with Crippen LogP contribution in [0.2, 0.25) is 0 Å². The van der Waals surface area contributed by atoms with Gasteiger partial charge in [0.05, 0.1) is 25.5 Å². The van der Waals surface area contributed by atoms with Gasteiger partial charge in [-0.25, -0.2) is 5.10 Å². The van der Waals surface area contributed by atoms with Crippen LogP contribution in [-0.4, -0.2) is 40.8 Å². The lowest BCUT2D eigenvalue weighted by Crippen LogP contribution is -2.10. The topological polar surface area (TPSA) is 114 Å². The van der Waals surface area contributed by atoms with E-state index in [0.717, 1.165) is 22.5 Å². The molecule has 0 radical (unpaired) electrons. The predicted molar refractivity (Wildman–Crippen MR) is 109 cm³/mol. The number of aromatic nitrogens is 4. The summed E-state index contributed by atoms with van der Waals surface area (Å²) in [6, 6.07) is 11.2. The van der Waals surface area contributed by atoms with Crippen LogP contribution in [0.5, 0.6) is 11.5 Å². The zero-order chi connectivity index (χ0) is 20.4. The van der Waals surface area contributed by atoms with E-state index in [2.05, 4.69) is 31.3 Å². The SMILES string of the molecule is CC/C(Nc1ccc(-c2nnn[nH]2)cc1)=C1\C(=O)Nc2cc(OC)c(OC)cc21. The highest BCUT2D eigenvalue weighted by Crippen LogP contribution is 2.42. The largest absolute Gasteiger partial charge is 0.493 e. The highest BCUT2D eigenvalue weighted by Gasteiger charge is 2.29. The maximum atomic E-state index is 12.7. The number of tetrazole rings is 1. The number of nitrogens with zero attached hydrogens (tertiary/aromatic N) is 3. The Bertz CT molecular complexity index is 1070. The van der Waals surface area contributed by atoms with Crippen LogP contribution in [0.15, 0.2) is 42.1 Å². The van der Waals surface area contributed by atoms with Crippen molar-refractivity contribution >= 4 is 22.9 Å². The van der Waals surface area contributed by atoms with Gasteiger partial charge in [0.15, 0.2) is 17.3 Å². The summed E-state index contributed by atoms with van der Waals surface area (Å²) in [4.78, 5) is 12.7. The highest BCUT2D eigenvalue weighted by atomic mass is 16.5. The van der Waals surface area contributed by atoms with Gasteiger partial charge in [-0.1, -0.05) is 6.92 Å². The van der Waals surface area contributed by atoms with E-state index in [-0.39, 0.29) is 5.91 Å². The van der Waals surface area contributed by atoms with Crippen LogP contribution in [0, 0.1) is 0 Å². The molecule has 1 amide bonds. The van der Waals surface area contributed by atoms with Gasteiger partial charge in [-0.15, -0.1) is 5.10 Å². The molecule has 2 heterocycles. The van der Waals surface area contributed by atoms with Gasteiger partial charge in [0.25, 0.3) is 5.91 Å². The second-order valence-corrected chi connectivity index (χ2v) is 6.37. The van der Waals surface area contributed by atoms with Gasteiger partial charge in [-0.2, -0.15) is 0 Å². The first kappa shape index (κ1) is 18.5. The Kier molecular flexibility index (Phi) is 4.86. The zero-order valence-corrected chi connectivity index (χ0v) is 16.2. The standard InChI is InChI=1S/C20H20N6O3/c1-4-14(21-12-7-5-11(6-8-12)19-23-25-26-24-19)18-13-9-16(28-2)17(29-3)10-15(13)22-20(18)27/h5-10,21H,4H2,1-3H3,(H,22,27)(H,23,24,25,26)/b18-14+. The van der Waals surface area contributed by atoms with E-state index in [9.17, 15) is 4.79 Å². The molecule has 0 atom stereocenters. The molecule has 29 heavy (non-hydrogen) atoms. The van der Waals surface area contributed by atoms with Crippen LogP contribution in [0.4, 0.5) is 11.4 Å². The monoisotopic (exact) mass is 392 g/mol. The first-order valence-corrected chi connectivity index (χ1v) is 9.06. The van der Waals surface area contributed by atoms with E-state index in [1.807, 2.05) is 37.3 Å². The molecule has 0 saturated heterocycles. The molecular formula is C20H20N6O3. The molecule has 3 N–H and O–H groups in total. The molecule has 148 valence electrons. The number of carbonyl (C=O) groups excluding carboxylic acids is 1. The van der Waals surface area contributed by atoms with E-state index >= 15 is 0 Å². The summed E-state index contributed by atoms with van der Waals surface area (Å²) in [5.41, 5.74) is 4.60. The van der Waals surface area contributed by atoms with Crippen molar-refractivity contribution in [2.75, 3.05) is 24.9 Å². The molecule has 9 nitrogen and oxygen atoms in total. The molecule has 0 unspecified atom stereocenters. The molecule has 0 bridgehead atoms. The molecular weight excluding hydrogens is 372 g/mol. The molecule has 1 aliphatic heterocycles. The second kappa shape index (κ2) is 7.63. The minimum atomic E-state index is -0.163. The Morgan fingerprint density at radius 3 is 2.45 bits per heavy atom. The van der Waals surface area contributed by atoms with Crippen LogP contribution in [0.1, 0.15) is 18.9 Å². The molecule has 0 spiro atoms. The number of hydrogen-bond donors (Lipinski definition) is 3. The molecule has 0 saturated carbocycles. The third-order valence-electron chi connectivity index (χ3n) is 4.72. The predicted octanol–water partition coefficient (Wildman–Crippen LogP) is 3.07. The lowest BCUT2D eigenvalue weighted by Gasteiger charge is -2.14. The summed E-state index contributed by atoms with van der Waals surface area (Å²) in [6.07, 6.45) is 0.643. The Morgan fingerprint density at radius 2 is 1.83 bits per heavy atom. The highest BCUT2D eigenvalue weighted by molar-refractivity contribution is 6.32. The van der Waals surface area contributed by atoms with Crippen molar-refractivity contribution < 1.29 is 14.3 Å². The van der Waals surface area contributed by atoms with E-state index in [0.29, 0.717) is 35.0 Å². The average Bonchev–Trinajstić information content (AvgIpc) is 3.39. The fraction of sp³-hybridized carbons (Fsp3) is 0.200. The molecule has 0 aliphatic carbocycles. The summed E-state index contributed by atoms with van der Waals surface area (Å²) in [6.45, 7) is 2.00. The van der Waals surface area contributed by atoms with E-state index in [1.54, 1.807) is 20.3 Å². The van der Waals surface area contributed by atoms with Gasteiger partial charge in [0.1, 0.15) is 0 Å². The average molecular weight is 392 g/mol. The minimum Gasteiger partial charge on any atom is -0.493 e. The number of rotatable bonds is 6. The Hall–Kier alpha value is -3.88. The van der Waals surface area contributed by atoms with Crippen molar-refractivity contribution in [3.8, 4) is 22.9 Å². The molecule has 2 aromatic carbocycles. The number of methoxy groups -OCH3 is 2. The van der Waals surface area contributed by atoms with Crippen molar-refractivity contribution in [1.29, 1.82) is 0 Å². The summed E-state index contributed by atoms with van der Waals surface area (Å²) in [7, 11) is 3.14. The van der Waals surface area contributed by atoms with Gasteiger partial charge in [0.2, 0.25) is 0 Å². The van der Waals surface area contributed by atoms with Crippen molar-refractivity contribution in [3.05, 3.63) is 47.7 Å². The van der Waals surface area contributed by atoms with Gasteiger partial charge in [-0.05, 0) is 47.2 Å². The second-order valence-electron chi connectivity index (χ2n) is 6.37. The van der Waals surface area contributed by atoms with Crippen molar-refractivity contribution in [3.63, 3.8) is 0 Å². The summed E-state index contributed by atoms with van der Waals surface area (Å²) in [5.74, 6) is 1.57. The maximum Gasteiger partial charge on any atom is 0.258 e. The van der Waals surface area contributed by atoms with Crippen LogP contribution in [0.25, 0.3) is 17.0 Å². The third kappa shape index (κ3) is 3.38. The number of aromatic amines is 1. The Balaban J connectivity index is 1.69. The lowest BCUT2D eigenvalue weighted by atomic mass is 10.0. The number of nitrogens with one attached hydrogen (secondary N) is 3. The lowest BCUT2D eigenvalue weighted by molar-refractivity contribution is -0.110. The number of benzene rings is 2. The number of anilines is 2. The van der Waals surface area contributed by atoms with Crippen molar-refractivity contribution in [2.45, 2.75) is 13.3 Å². The van der Waals surface area contributed by atoms with Gasteiger partial charge < -0.3 is 20.1 Å². The Labute approximate surface area is 167 Å². The normalized spacial score (nSPS) is 14.2. The van der Waals surface area contributed by atoms with Gasteiger partial charge >= 0.3 is 0 Å². The molecule has 1 aliphatic rings. The molecule has 4 rings (SSSR count). The van der Waals surface area contributed by atoms with Crippen molar-refractivity contribution in [1.82, 2.24) is 20.6 Å². The van der Waals surface area contributed by atoms with E-state index < -0.39 is 0 Å². The van der Waals surface area contributed by atoms with Crippen LogP contribution in [0.3, 0.4) is 0 Å².